The smallest absolute Gasteiger partial charge is 0.0549 e. The summed E-state index contributed by atoms with van der Waals surface area (Å²) in [7, 11) is 0. The Morgan fingerprint density at radius 3 is 2.08 bits per heavy atom. The van der Waals surface area contributed by atoms with Gasteiger partial charge in [0, 0.05) is 17.2 Å². The number of nitrogens with zero attached hydrogens (tertiary/aromatic N) is 2. The fourth-order valence-electron chi connectivity index (χ4n) is 1.58. The molecular weight excluding hydrogens is 148 g/mol. The van der Waals surface area contributed by atoms with Gasteiger partial charge < -0.3 is 0 Å². The van der Waals surface area contributed by atoms with E-state index in [1.807, 2.05) is 0 Å². The van der Waals surface area contributed by atoms with Crippen molar-refractivity contribution in [3.8, 4) is 0 Å². The molecule has 0 aliphatic carbocycles. The van der Waals surface area contributed by atoms with Gasteiger partial charge in [0.05, 0.1) is 6.04 Å². The summed E-state index contributed by atoms with van der Waals surface area (Å²) in [6.45, 7) is 13.3. The van der Waals surface area contributed by atoms with Gasteiger partial charge in [-0.05, 0) is 27.7 Å². The molecule has 1 unspecified atom stereocenters. The molecule has 1 atom stereocenters. The van der Waals surface area contributed by atoms with Crippen molar-refractivity contribution in [3.63, 3.8) is 0 Å². The lowest BCUT2D eigenvalue weighted by Gasteiger charge is -2.31. The molecule has 0 saturated carbocycles. The van der Waals surface area contributed by atoms with Crippen LogP contribution in [0.15, 0.2) is 5.10 Å². The summed E-state index contributed by atoms with van der Waals surface area (Å²) in [4.78, 5) is 0. The van der Waals surface area contributed by atoms with Gasteiger partial charge in [0.25, 0.3) is 0 Å². The molecule has 0 amide bonds. The fourth-order valence-corrected chi connectivity index (χ4v) is 1.58. The normalized spacial score (nSPS) is 28.1. The SMILES string of the molecule is CC1=NN(C(C)C)C(C)C1(C)C. The quantitative estimate of drug-likeness (QED) is 0.587. The lowest BCUT2D eigenvalue weighted by Crippen LogP contribution is -2.39. The summed E-state index contributed by atoms with van der Waals surface area (Å²) >= 11 is 0. The van der Waals surface area contributed by atoms with E-state index in [9.17, 15) is 0 Å². The first kappa shape index (κ1) is 9.56. The molecule has 70 valence electrons. The third kappa shape index (κ3) is 1.23. The molecule has 2 nitrogen and oxygen atoms in total. The van der Waals surface area contributed by atoms with Gasteiger partial charge in [-0.25, -0.2) is 0 Å². The molecule has 1 aliphatic rings. The molecule has 0 bridgehead atoms. The molecule has 1 aliphatic heterocycles. The highest BCUT2D eigenvalue weighted by Crippen LogP contribution is 2.34. The fraction of sp³-hybridized carbons (Fsp3) is 0.900. The molecule has 1 rings (SSSR count). The first-order valence-electron chi connectivity index (χ1n) is 4.71. The summed E-state index contributed by atoms with van der Waals surface area (Å²) in [5.74, 6) is 0. The molecule has 0 aromatic rings. The van der Waals surface area contributed by atoms with Gasteiger partial charge in [0.1, 0.15) is 0 Å². The second-order valence-electron chi connectivity index (χ2n) is 4.56. The van der Waals surface area contributed by atoms with Crippen LogP contribution in [0.1, 0.15) is 41.5 Å². The van der Waals surface area contributed by atoms with E-state index in [-0.39, 0.29) is 5.41 Å². The highest BCUT2D eigenvalue weighted by atomic mass is 15.5. The zero-order valence-corrected chi connectivity index (χ0v) is 9.05. The van der Waals surface area contributed by atoms with Crippen molar-refractivity contribution in [2.45, 2.75) is 53.6 Å². The Hall–Kier alpha value is -0.530. The van der Waals surface area contributed by atoms with Crippen LogP contribution in [-0.2, 0) is 0 Å². The van der Waals surface area contributed by atoms with Crippen LogP contribution >= 0.6 is 0 Å². The molecule has 0 fully saturated rings. The number of hydrogen-bond acceptors (Lipinski definition) is 2. The van der Waals surface area contributed by atoms with Crippen LogP contribution in [0.5, 0.6) is 0 Å². The summed E-state index contributed by atoms with van der Waals surface area (Å²) in [5.41, 5.74) is 1.49. The van der Waals surface area contributed by atoms with Crippen molar-refractivity contribution >= 4 is 5.71 Å². The topological polar surface area (TPSA) is 15.6 Å². The maximum atomic E-state index is 4.57. The van der Waals surface area contributed by atoms with Crippen LogP contribution in [0.2, 0.25) is 0 Å². The summed E-state index contributed by atoms with van der Waals surface area (Å²) < 4.78 is 0. The Labute approximate surface area is 75.6 Å². The molecule has 0 spiro atoms. The predicted octanol–water partition coefficient (Wildman–Crippen LogP) is 2.50. The predicted molar refractivity (Wildman–Crippen MR) is 53.3 cm³/mol. The van der Waals surface area contributed by atoms with Gasteiger partial charge in [-0.1, -0.05) is 13.8 Å². The molecule has 0 aromatic carbocycles. The first-order valence-corrected chi connectivity index (χ1v) is 4.71. The monoisotopic (exact) mass is 168 g/mol. The van der Waals surface area contributed by atoms with Gasteiger partial charge in [0.2, 0.25) is 0 Å². The van der Waals surface area contributed by atoms with Crippen molar-refractivity contribution < 1.29 is 0 Å². The minimum Gasteiger partial charge on any atom is -0.291 e. The van der Waals surface area contributed by atoms with E-state index in [0.29, 0.717) is 12.1 Å². The van der Waals surface area contributed by atoms with E-state index >= 15 is 0 Å². The lowest BCUT2D eigenvalue weighted by atomic mass is 9.82. The molecule has 0 saturated heterocycles. The second-order valence-corrected chi connectivity index (χ2v) is 4.56. The first-order chi connectivity index (χ1) is 5.37. The van der Waals surface area contributed by atoms with Crippen LogP contribution in [0.3, 0.4) is 0 Å². The zero-order valence-electron chi connectivity index (χ0n) is 9.05. The lowest BCUT2D eigenvalue weighted by molar-refractivity contribution is 0.143. The van der Waals surface area contributed by atoms with Gasteiger partial charge >= 0.3 is 0 Å². The Morgan fingerprint density at radius 1 is 1.42 bits per heavy atom. The molecular formula is C10H20N2. The van der Waals surface area contributed by atoms with Gasteiger partial charge in [-0.15, -0.1) is 0 Å². The Bertz CT molecular complexity index is 204. The number of hydrogen-bond donors (Lipinski definition) is 0. The maximum absolute atomic E-state index is 4.57. The van der Waals surface area contributed by atoms with Crippen molar-refractivity contribution in [2.24, 2.45) is 10.5 Å². The van der Waals surface area contributed by atoms with E-state index < -0.39 is 0 Å². The number of hydrazone groups is 1. The Kier molecular flexibility index (Phi) is 2.19. The van der Waals surface area contributed by atoms with E-state index in [0.717, 1.165) is 0 Å². The molecule has 0 radical (unpaired) electrons. The van der Waals surface area contributed by atoms with Crippen LogP contribution < -0.4 is 0 Å². The van der Waals surface area contributed by atoms with E-state index in [2.05, 4.69) is 51.7 Å². The molecule has 1 heterocycles. The molecule has 0 aromatic heterocycles. The Morgan fingerprint density at radius 2 is 1.92 bits per heavy atom. The molecule has 12 heavy (non-hydrogen) atoms. The molecule has 0 N–H and O–H groups in total. The number of rotatable bonds is 1. The summed E-state index contributed by atoms with van der Waals surface area (Å²) in [6, 6.07) is 1.04. The minimum atomic E-state index is 0.240. The van der Waals surface area contributed by atoms with Crippen molar-refractivity contribution in [3.05, 3.63) is 0 Å². The van der Waals surface area contributed by atoms with Gasteiger partial charge in [-0.3, -0.25) is 5.01 Å². The zero-order chi connectivity index (χ0) is 9.52. The minimum absolute atomic E-state index is 0.240. The van der Waals surface area contributed by atoms with Crippen molar-refractivity contribution in [1.29, 1.82) is 0 Å². The highest BCUT2D eigenvalue weighted by Gasteiger charge is 2.39. The second kappa shape index (κ2) is 2.75. The molecule has 2 heteroatoms. The van der Waals surface area contributed by atoms with Gasteiger partial charge in [-0.2, -0.15) is 5.10 Å². The van der Waals surface area contributed by atoms with E-state index in [1.165, 1.54) is 5.71 Å². The maximum Gasteiger partial charge on any atom is 0.0549 e. The van der Waals surface area contributed by atoms with Crippen LogP contribution in [0, 0.1) is 5.41 Å². The third-order valence-electron chi connectivity index (χ3n) is 3.17. The van der Waals surface area contributed by atoms with Gasteiger partial charge in [0.15, 0.2) is 0 Å². The van der Waals surface area contributed by atoms with Crippen LogP contribution in [0.4, 0.5) is 0 Å². The third-order valence-corrected chi connectivity index (χ3v) is 3.17. The van der Waals surface area contributed by atoms with Crippen LogP contribution in [-0.4, -0.2) is 22.8 Å². The van der Waals surface area contributed by atoms with E-state index in [4.69, 9.17) is 0 Å². The summed E-state index contributed by atoms with van der Waals surface area (Å²) in [6.07, 6.45) is 0. The van der Waals surface area contributed by atoms with Crippen molar-refractivity contribution in [2.75, 3.05) is 0 Å². The largest absolute Gasteiger partial charge is 0.291 e. The van der Waals surface area contributed by atoms with Crippen LogP contribution in [0.25, 0.3) is 0 Å². The average molecular weight is 168 g/mol. The highest BCUT2D eigenvalue weighted by molar-refractivity contribution is 5.89. The standard InChI is InChI=1S/C10H20N2/c1-7(2)12-9(4)10(5,6)8(3)11-12/h7,9H,1-6H3. The van der Waals surface area contributed by atoms with Crippen molar-refractivity contribution in [1.82, 2.24) is 5.01 Å². The Balaban J connectivity index is 2.88. The summed E-state index contributed by atoms with van der Waals surface area (Å²) in [5, 5.41) is 6.78. The van der Waals surface area contributed by atoms with E-state index in [1.54, 1.807) is 0 Å². The average Bonchev–Trinajstić information content (AvgIpc) is 2.13.